The van der Waals surface area contributed by atoms with Crippen LogP contribution < -0.4 is 5.32 Å². The molecule has 92 valence electrons. The number of carbonyl (C=O) groups is 3. The van der Waals surface area contributed by atoms with Crippen LogP contribution in [-0.2, 0) is 23.9 Å². The number of carbonyl (C=O) groups excluding carboxylic acids is 2. The lowest BCUT2D eigenvalue weighted by molar-refractivity contribution is -0.172. The lowest BCUT2D eigenvalue weighted by Crippen LogP contribution is -2.38. The average molecular weight is 233 g/mol. The second-order valence-electron chi connectivity index (χ2n) is 3.02. The summed E-state index contributed by atoms with van der Waals surface area (Å²) < 4.78 is 9.67. The molecule has 16 heavy (non-hydrogen) atoms. The molecule has 7 heteroatoms. The van der Waals surface area contributed by atoms with Crippen LogP contribution in [0, 0.1) is 0 Å². The number of hydrogen-bond acceptors (Lipinski definition) is 5. The van der Waals surface area contributed by atoms with Crippen molar-refractivity contribution >= 4 is 18.3 Å². The van der Waals surface area contributed by atoms with E-state index in [4.69, 9.17) is 9.84 Å². The molecule has 2 atom stereocenters. The minimum Gasteiger partial charge on any atom is -0.478 e. The van der Waals surface area contributed by atoms with Crippen LogP contribution in [0.2, 0.25) is 0 Å². The zero-order valence-corrected chi connectivity index (χ0v) is 9.13. The molecular weight excluding hydrogens is 218 g/mol. The van der Waals surface area contributed by atoms with Gasteiger partial charge in [-0.05, 0) is 6.92 Å². The minimum absolute atomic E-state index is 0.144. The maximum absolute atomic E-state index is 10.7. The second-order valence-corrected chi connectivity index (χ2v) is 3.02. The maximum Gasteiger partial charge on any atom is 0.347 e. The highest BCUT2D eigenvalue weighted by Crippen LogP contribution is 2.04. The molecule has 0 aromatic carbocycles. The molecule has 0 aromatic rings. The molecule has 0 aliphatic rings. The molecule has 0 fully saturated rings. The van der Waals surface area contributed by atoms with Gasteiger partial charge in [-0.1, -0.05) is 0 Å². The van der Waals surface area contributed by atoms with Crippen LogP contribution in [0.1, 0.15) is 13.8 Å². The number of aliphatic carboxylic acids is 1. The molecule has 0 heterocycles. The van der Waals surface area contributed by atoms with Gasteiger partial charge in [0, 0.05) is 13.5 Å². The monoisotopic (exact) mass is 233 g/mol. The Balaban J connectivity index is 4.06. The van der Waals surface area contributed by atoms with E-state index in [1.165, 1.54) is 6.92 Å². The molecular formula is C9H15NO6. The Hall–Kier alpha value is -1.63. The maximum atomic E-state index is 10.7. The van der Waals surface area contributed by atoms with Crippen LogP contribution in [0.4, 0.5) is 0 Å². The van der Waals surface area contributed by atoms with Gasteiger partial charge in [0.1, 0.15) is 6.10 Å². The number of carboxylic acids is 1. The number of hydrogen-bond donors (Lipinski definition) is 2. The molecule has 1 amide bonds. The van der Waals surface area contributed by atoms with Crippen LogP contribution in [-0.4, -0.2) is 48.8 Å². The van der Waals surface area contributed by atoms with Crippen molar-refractivity contribution in [1.29, 1.82) is 0 Å². The Morgan fingerprint density at radius 1 is 1.50 bits per heavy atom. The Bertz CT molecular complexity index is 254. The zero-order valence-electron chi connectivity index (χ0n) is 9.13. The van der Waals surface area contributed by atoms with E-state index in [-0.39, 0.29) is 13.2 Å². The molecule has 0 rings (SSSR count). The van der Waals surface area contributed by atoms with Crippen molar-refractivity contribution in [1.82, 2.24) is 5.32 Å². The summed E-state index contributed by atoms with van der Waals surface area (Å²) in [7, 11) is 0. The lowest BCUT2D eigenvalue weighted by Gasteiger charge is -2.20. The van der Waals surface area contributed by atoms with Crippen molar-refractivity contribution in [2.24, 2.45) is 0 Å². The molecule has 2 unspecified atom stereocenters. The number of ether oxygens (including phenoxy) is 2. The first-order chi connectivity index (χ1) is 7.49. The van der Waals surface area contributed by atoms with Gasteiger partial charge in [-0.25, -0.2) is 4.79 Å². The SMILES string of the molecule is CC(=O)OC(C(=O)O)C(C)OCCNC=O. The van der Waals surface area contributed by atoms with Crippen molar-refractivity contribution in [2.75, 3.05) is 13.2 Å². The van der Waals surface area contributed by atoms with Gasteiger partial charge in [-0.3, -0.25) is 9.59 Å². The normalized spacial score (nSPS) is 13.6. The molecule has 0 aliphatic carbocycles. The zero-order chi connectivity index (χ0) is 12.6. The van der Waals surface area contributed by atoms with Crippen molar-refractivity contribution in [2.45, 2.75) is 26.1 Å². The quantitative estimate of drug-likeness (QED) is 0.322. The van der Waals surface area contributed by atoms with Gasteiger partial charge in [-0.15, -0.1) is 0 Å². The Kier molecular flexibility index (Phi) is 6.86. The average Bonchev–Trinajstić information content (AvgIpc) is 2.20. The Morgan fingerprint density at radius 3 is 2.56 bits per heavy atom. The lowest BCUT2D eigenvalue weighted by atomic mass is 10.2. The molecule has 0 aliphatic heterocycles. The second kappa shape index (κ2) is 7.63. The van der Waals surface area contributed by atoms with Gasteiger partial charge in [0.2, 0.25) is 12.5 Å². The molecule has 7 nitrogen and oxygen atoms in total. The number of amides is 1. The molecule has 0 radical (unpaired) electrons. The first-order valence-electron chi connectivity index (χ1n) is 4.67. The summed E-state index contributed by atoms with van der Waals surface area (Å²) in [6, 6.07) is 0. The molecule has 0 aromatic heterocycles. The van der Waals surface area contributed by atoms with Crippen molar-refractivity contribution < 1.29 is 29.0 Å². The minimum atomic E-state index is -1.34. The van der Waals surface area contributed by atoms with Crippen LogP contribution in [0.15, 0.2) is 0 Å². The van der Waals surface area contributed by atoms with E-state index in [9.17, 15) is 14.4 Å². The third-order valence-corrected chi connectivity index (χ3v) is 1.67. The molecule has 0 saturated carbocycles. The summed E-state index contributed by atoms with van der Waals surface area (Å²) in [4.78, 5) is 31.3. The summed E-state index contributed by atoms with van der Waals surface area (Å²) in [5.41, 5.74) is 0. The molecule has 0 spiro atoms. The van der Waals surface area contributed by atoms with Gasteiger partial charge in [0.15, 0.2) is 0 Å². The van der Waals surface area contributed by atoms with Gasteiger partial charge in [-0.2, -0.15) is 0 Å². The fourth-order valence-electron chi connectivity index (χ4n) is 0.976. The highest BCUT2D eigenvalue weighted by molar-refractivity contribution is 5.77. The van der Waals surface area contributed by atoms with E-state index < -0.39 is 24.1 Å². The summed E-state index contributed by atoms with van der Waals surface area (Å²) >= 11 is 0. The fraction of sp³-hybridized carbons (Fsp3) is 0.667. The van der Waals surface area contributed by atoms with Crippen molar-refractivity contribution in [3.8, 4) is 0 Å². The predicted octanol–water partition coefficient (Wildman–Crippen LogP) is -0.846. The standard InChI is InChI=1S/C9H15NO6/c1-6(15-4-3-10-5-11)8(9(13)14)16-7(2)12/h5-6,8H,3-4H2,1-2H3,(H,10,11)(H,13,14). The largest absolute Gasteiger partial charge is 0.478 e. The number of esters is 1. The summed E-state index contributed by atoms with van der Waals surface area (Å²) in [5.74, 6) is -1.96. The Morgan fingerprint density at radius 2 is 2.12 bits per heavy atom. The van der Waals surface area contributed by atoms with Gasteiger partial charge in [0.05, 0.1) is 6.61 Å². The van der Waals surface area contributed by atoms with E-state index in [1.807, 2.05) is 0 Å². The van der Waals surface area contributed by atoms with Gasteiger partial charge < -0.3 is 19.9 Å². The highest BCUT2D eigenvalue weighted by Gasteiger charge is 2.28. The predicted molar refractivity (Wildman–Crippen MR) is 52.7 cm³/mol. The van der Waals surface area contributed by atoms with Crippen LogP contribution in [0.3, 0.4) is 0 Å². The van der Waals surface area contributed by atoms with E-state index in [0.717, 1.165) is 6.92 Å². The summed E-state index contributed by atoms with van der Waals surface area (Å²) in [6.45, 7) is 3.00. The van der Waals surface area contributed by atoms with Crippen molar-refractivity contribution in [3.63, 3.8) is 0 Å². The highest BCUT2D eigenvalue weighted by atomic mass is 16.6. The van der Waals surface area contributed by atoms with E-state index >= 15 is 0 Å². The first-order valence-corrected chi connectivity index (χ1v) is 4.67. The van der Waals surface area contributed by atoms with Gasteiger partial charge >= 0.3 is 11.9 Å². The summed E-state index contributed by atoms with van der Waals surface area (Å²) in [6.07, 6.45) is -1.61. The van der Waals surface area contributed by atoms with E-state index in [0.29, 0.717) is 6.41 Å². The molecule has 2 N–H and O–H groups in total. The van der Waals surface area contributed by atoms with E-state index in [1.54, 1.807) is 0 Å². The van der Waals surface area contributed by atoms with Crippen LogP contribution in [0.5, 0.6) is 0 Å². The third kappa shape index (κ3) is 5.97. The first kappa shape index (κ1) is 14.4. The number of nitrogens with one attached hydrogen (secondary N) is 1. The van der Waals surface area contributed by atoms with E-state index in [2.05, 4.69) is 10.1 Å². The van der Waals surface area contributed by atoms with Crippen molar-refractivity contribution in [3.05, 3.63) is 0 Å². The Labute approximate surface area is 92.7 Å². The summed E-state index contributed by atoms with van der Waals surface area (Å²) in [5, 5.41) is 11.1. The van der Waals surface area contributed by atoms with Crippen LogP contribution >= 0.6 is 0 Å². The van der Waals surface area contributed by atoms with Crippen LogP contribution in [0.25, 0.3) is 0 Å². The molecule has 0 bridgehead atoms. The van der Waals surface area contributed by atoms with Gasteiger partial charge in [0.25, 0.3) is 0 Å². The number of carboxylic acid groups (broad SMARTS) is 1. The number of rotatable bonds is 8. The molecule has 0 saturated heterocycles. The topological polar surface area (TPSA) is 102 Å². The third-order valence-electron chi connectivity index (χ3n) is 1.67. The smallest absolute Gasteiger partial charge is 0.347 e. The fourth-order valence-corrected chi connectivity index (χ4v) is 0.976.